The van der Waals surface area contributed by atoms with E-state index in [0.29, 0.717) is 6.04 Å². The van der Waals surface area contributed by atoms with Crippen molar-refractivity contribution in [2.45, 2.75) is 44.1 Å². The molecule has 0 heterocycles. The lowest BCUT2D eigenvalue weighted by atomic mass is 9.93. The van der Waals surface area contributed by atoms with E-state index in [0.717, 1.165) is 25.3 Å². The minimum Gasteiger partial charge on any atom is -0.354 e. The number of hydrogen-bond acceptors (Lipinski definition) is 2. The largest absolute Gasteiger partial charge is 0.354 e. The van der Waals surface area contributed by atoms with Gasteiger partial charge in [0.05, 0.1) is 5.41 Å². The maximum absolute atomic E-state index is 12.7. The Balaban J connectivity index is 1.65. The molecule has 1 aromatic carbocycles. The van der Waals surface area contributed by atoms with Crippen LogP contribution >= 0.6 is 0 Å². The number of aryl methyl sites for hydroxylation is 1. The summed E-state index contributed by atoms with van der Waals surface area (Å²) in [4.78, 5) is 14.9. The van der Waals surface area contributed by atoms with E-state index in [1.54, 1.807) is 0 Å². The number of hydrogen-bond donors (Lipinski definition) is 1. The number of carbonyl (C=O) groups is 1. The number of rotatable bonds is 6. The van der Waals surface area contributed by atoms with E-state index in [1.165, 1.54) is 24.0 Å². The zero-order valence-corrected chi connectivity index (χ0v) is 13.4. The molecule has 0 unspecified atom stereocenters. The monoisotopic (exact) mass is 286 g/mol. The molecule has 3 nitrogen and oxygen atoms in total. The van der Waals surface area contributed by atoms with Crippen molar-refractivity contribution in [3.05, 3.63) is 35.4 Å². The van der Waals surface area contributed by atoms with E-state index in [-0.39, 0.29) is 11.3 Å². The minimum atomic E-state index is -0.244. The van der Waals surface area contributed by atoms with Crippen LogP contribution in [0.1, 0.15) is 36.8 Å². The van der Waals surface area contributed by atoms with Crippen molar-refractivity contribution >= 4 is 5.91 Å². The molecule has 0 saturated heterocycles. The van der Waals surface area contributed by atoms with E-state index in [4.69, 9.17) is 0 Å². The first-order valence-electron chi connectivity index (χ1n) is 8.05. The van der Waals surface area contributed by atoms with Crippen LogP contribution in [0.15, 0.2) is 24.3 Å². The molecule has 0 spiro atoms. The first-order valence-corrected chi connectivity index (χ1v) is 8.05. The Bertz CT molecular complexity index is 528. The van der Waals surface area contributed by atoms with Crippen molar-refractivity contribution < 1.29 is 4.79 Å². The van der Waals surface area contributed by atoms with Gasteiger partial charge in [-0.15, -0.1) is 0 Å². The summed E-state index contributed by atoms with van der Waals surface area (Å²) in [5.74, 6) is 0.995. The molecule has 3 rings (SSSR count). The minimum absolute atomic E-state index is 0.223. The highest BCUT2D eigenvalue weighted by Gasteiger charge is 2.51. The van der Waals surface area contributed by atoms with Crippen LogP contribution in [0.3, 0.4) is 0 Å². The summed E-state index contributed by atoms with van der Waals surface area (Å²) in [6.45, 7) is 2.87. The van der Waals surface area contributed by atoms with Gasteiger partial charge in [-0.1, -0.05) is 29.8 Å². The Morgan fingerprint density at radius 2 is 2.10 bits per heavy atom. The summed E-state index contributed by atoms with van der Waals surface area (Å²) in [7, 11) is 4.23. The van der Waals surface area contributed by atoms with E-state index in [9.17, 15) is 4.79 Å². The number of amides is 1. The number of nitrogens with zero attached hydrogens (tertiary/aromatic N) is 1. The molecular formula is C18H26N2O. The van der Waals surface area contributed by atoms with Crippen molar-refractivity contribution in [3.63, 3.8) is 0 Å². The van der Waals surface area contributed by atoms with Gasteiger partial charge >= 0.3 is 0 Å². The molecule has 0 radical (unpaired) electrons. The van der Waals surface area contributed by atoms with Gasteiger partial charge in [-0.25, -0.2) is 0 Å². The number of benzene rings is 1. The lowest BCUT2D eigenvalue weighted by Crippen LogP contribution is -2.44. The van der Waals surface area contributed by atoms with Crippen LogP contribution in [0, 0.1) is 12.8 Å². The normalized spacial score (nSPS) is 21.1. The third-order valence-corrected chi connectivity index (χ3v) is 5.06. The molecule has 0 bridgehead atoms. The summed E-state index contributed by atoms with van der Waals surface area (Å²) in [5.41, 5.74) is 2.18. The van der Waals surface area contributed by atoms with Crippen molar-refractivity contribution in [1.82, 2.24) is 10.2 Å². The van der Waals surface area contributed by atoms with Crippen LogP contribution < -0.4 is 5.32 Å². The van der Waals surface area contributed by atoms with E-state index < -0.39 is 0 Å². The molecule has 2 aliphatic rings. The van der Waals surface area contributed by atoms with Gasteiger partial charge in [0.2, 0.25) is 5.91 Å². The molecule has 114 valence electrons. The fourth-order valence-electron chi connectivity index (χ4n) is 3.33. The molecule has 3 heteroatoms. The van der Waals surface area contributed by atoms with Crippen LogP contribution in [-0.2, 0) is 10.2 Å². The highest BCUT2D eigenvalue weighted by molar-refractivity contribution is 5.91. The van der Waals surface area contributed by atoms with Crippen LogP contribution in [0.5, 0.6) is 0 Å². The van der Waals surface area contributed by atoms with Gasteiger partial charge in [0.25, 0.3) is 0 Å². The maximum atomic E-state index is 12.7. The van der Waals surface area contributed by atoms with Gasteiger partial charge < -0.3 is 10.2 Å². The Hall–Kier alpha value is -1.35. The van der Waals surface area contributed by atoms with Crippen LogP contribution in [0.4, 0.5) is 0 Å². The molecule has 1 amide bonds. The van der Waals surface area contributed by atoms with Gasteiger partial charge in [-0.2, -0.15) is 0 Å². The summed E-state index contributed by atoms with van der Waals surface area (Å²) in [6.07, 6.45) is 4.58. The second-order valence-electron chi connectivity index (χ2n) is 7.03. The average molecular weight is 286 g/mol. The van der Waals surface area contributed by atoms with Gasteiger partial charge in [-0.3, -0.25) is 4.79 Å². The summed E-state index contributed by atoms with van der Waals surface area (Å²) >= 11 is 0. The Morgan fingerprint density at radius 3 is 2.62 bits per heavy atom. The topological polar surface area (TPSA) is 32.3 Å². The summed E-state index contributed by atoms with van der Waals surface area (Å²) in [6, 6.07) is 8.90. The number of nitrogens with one attached hydrogen (secondary N) is 1. The Kier molecular flexibility index (Phi) is 3.78. The highest BCUT2D eigenvalue weighted by Crippen LogP contribution is 2.48. The lowest BCUT2D eigenvalue weighted by molar-refractivity contribution is -0.123. The first-order chi connectivity index (χ1) is 10.0. The molecule has 1 atom stereocenters. The van der Waals surface area contributed by atoms with Gasteiger partial charge in [0.1, 0.15) is 0 Å². The van der Waals surface area contributed by atoms with E-state index in [1.807, 2.05) is 0 Å². The van der Waals surface area contributed by atoms with Crippen molar-refractivity contribution in [1.29, 1.82) is 0 Å². The quantitative estimate of drug-likeness (QED) is 0.871. The first kappa shape index (κ1) is 14.6. The molecule has 1 N–H and O–H groups in total. The zero-order valence-electron chi connectivity index (χ0n) is 13.4. The highest BCUT2D eigenvalue weighted by atomic mass is 16.2. The van der Waals surface area contributed by atoms with Crippen molar-refractivity contribution in [3.8, 4) is 0 Å². The predicted molar refractivity (Wildman–Crippen MR) is 85.3 cm³/mol. The smallest absolute Gasteiger partial charge is 0.230 e. The molecule has 1 aromatic rings. The SMILES string of the molecule is Cc1cccc(C2(C(=O)NC[C@H](C3CC3)N(C)C)CC2)c1. The molecule has 2 fully saturated rings. The third kappa shape index (κ3) is 2.98. The molecular weight excluding hydrogens is 260 g/mol. The average Bonchev–Trinajstić information content (AvgIpc) is 3.32. The predicted octanol–water partition coefficient (Wildman–Crippen LogP) is 2.48. The lowest BCUT2D eigenvalue weighted by Gasteiger charge is -2.26. The Morgan fingerprint density at radius 1 is 1.38 bits per heavy atom. The summed E-state index contributed by atoms with van der Waals surface area (Å²) < 4.78 is 0. The van der Waals surface area contributed by atoms with Gasteiger partial charge in [0.15, 0.2) is 0 Å². The fourth-order valence-corrected chi connectivity index (χ4v) is 3.33. The molecule has 0 aromatic heterocycles. The van der Waals surface area contributed by atoms with Gasteiger partial charge in [-0.05, 0) is 58.2 Å². The summed E-state index contributed by atoms with van der Waals surface area (Å²) in [5, 5.41) is 3.23. The third-order valence-electron chi connectivity index (χ3n) is 5.06. The van der Waals surface area contributed by atoms with Crippen molar-refractivity contribution in [2.24, 2.45) is 5.92 Å². The van der Waals surface area contributed by atoms with Crippen LogP contribution in [0.25, 0.3) is 0 Å². The Labute approximate surface area is 127 Å². The number of carbonyl (C=O) groups excluding carboxylic acids is 1. The second-order valence-corrected chi connectivity index (χ2v) is 7.03. The molecule has 21 heavy (non-hydrogen) atoms. The van der Waals surface area contributed by atoms with Crippen LogP contribution in [-0.4, -0.2) is 37.5 Å². The fraction of sp³-hybridized carbons (Fsp3) is 0.611. The second kappa shape index (κ2) is 5.45. The molecule has 2 aliphatic carbocycles. The molecule has 0 aliphatic heterocycles. The molecule has 2 saturated carbocycles. The van der Waals surface area contributed by atoms with Gasteiger partial charge in [0, 0.05) is 12.6 Å². The van der Waals surface area contributed by atoms with Crippen LogP contribution in [0.2, 0.25) is 0 Å². The standard InChI is InChI=1S/C18H26N2O/c1-13-5-4-6-15(11-13)18(9-10-18)17(21)19-12-16(20(2)3)14-7-8-14/h4-6,11,14,16H,7-10,12H2,1-3H3,(H,19,21)/t16-/m1/s1. The zero-order chi connectivity index (χ0) is 15.0. The maximum Gasteiger partial charge on any atom is 0.230 e. The van der Waals surface area contributed by atoms with E-state index >= 15 is 0 Å². The van der Waals surface area contributed by atoms with E-state index in [2.05, 4.69) is 55.5 Å². The van der Waals surface area contributed by atoms with Crippen molar-refractivity contribution in [2.75, 3.05) is 20.6 Å². The number of likely N-dealkylation sites (N-methyl/N-ethyl adjacent to an activating group) is 1.